The van der Waals surface area contributed by atoms with Gasteiger partial charge in [-0.2, -0.15) is 0 Å². The number of hydrogen-bond acceptors (Lipinski definition) is 2. The molecule has 1 atom stereocenters. The van der Waals surface area contributed by atoms with Crippen molar-refractivity contribution in [3.8, 4) is 0 Å². The lowest BCUT2D eigenvalue weighted by Crippen LogP contribution is -2.35. The molecule has 0 spiro atoms. The average Bonchev–Trinajstić information content (AvgIpc) is 2.27. The van der Waals surface area contributed by atoms with E-state index in [1.54, 1.807) is 0 Å². The number of nitrogen functional groups attached to an aromatic ring is 1. The molecule has 1 aliphatic rings. The SMILES string of the molecule is CCCNC1CCc2cccc(N)c2C1. The Kier molecular flexibility index (Phi) is 3.27. The molecule has 0 bridgehead atoms. The molecule has 0 saturated heterocycles. The number of rotatable bonds is 3. The van der Waals surface area contributed by atoms with Crippen molar-refractivity contribution < 1.29 is 0 Å². The zero-order chi connectivity index (χ0) is 10.7. The van der Waals surface area contributed by atoms with Gasteiger partial charge in [0.2, 0.25) is 0 Å². The Morgan fingerprint density at radius 1 is 1.47 bits per heavy atom. The molecule has 1 aromatic carbocycles. The van der Waals surface area contributed by atoms with Gasteiger partial charge in [0.25, 0.3) is 0 Å². The van der Waals surface area contributed by atoms with Crippen LogP contribution in [0.5, 0.6) is 0 Å². The van der Waals surface area contributed by atoms with E-state index in [2.05, 4.69) is 24.4 Å². The minimum atomic E-state index is 0.627. The molecular formula is C13H20N2. The lowest BCUT2D eigenvalue weighted by molar-refractivity contribution is 0.460. The molecule has 82 valence electrons. The number of benzene rings is 1. The standard InChI is InChI=1S/C13H20N2/c1-2-8-15-11-7-6-10-4-3-5-13(14)12(10)9-11/h3-5,11,15H,2,6-9,14H2,1H3. The summed E-state index contributed by atoms with van der Waals surface area (Å²) in [4.78, 5) is 0. The van der Waals surface area contributed by atoms with Gasteiger partial charge in [-0.25, -0.2) is 0 Å². The van der Waals surface area contributed by atoms with Crippen LogP contribution in [0.2, 0.25) is 0 Å². The Hall–Kier alpha value is -1.02. The largest absolute Gasteiger partial charge is 0.398 e. The van der Waals surface area contributed by atoms with Crippen LogP contribution in [-0.2, 0) is 12.8 Å². The molecule has 0 saturated carbocycles. The van der Waals surface area contributed by atoms with E-state index >= 15 is 0 Å². The highest BCUT2D eigenvalue weighted by Crippen LogP contribution is 2.26. The smallest absolute Gasteiger partial charge is 0.0349 e. The van der Waals surface area contributed by atoms with Gasteiger partial charge in [-0.1, -0.05) is 19.1 Å². The number of nitrogens with two attached hydrogens (primary N) is 1. The van der Waals surface area contributed by atoms with Crippen molar-refractivity contribution in [3.05, 3.63) is 29.3 Å². The van der Waals surface area contributed by atoms with Crippen molar-refractivity contribution in [2.75, 3.05) is 12.3 Å². The third kappa shape index (κ3) is 2.32. The van der Waals surface area contributed by atoms with Crippen LogP contribution < -0.4 is 11.1 Å². The van der Waals surface area contributed by atoms with Crippen molar-refractivity contribution in [3.63, 3.8) is 0 Å². The highest BCUT2D eigenvalue weighted by Gasteiger charge is 2.19. The van der Waals surface area contributed by atoms with Crippen LogP contribution in [0.3, 0.4) is 0 Å². The first-order chi connectivity index (χ1) is 7.31. The second kappa shape index (κ2) is 4.67. The van der Waals surface area contributed by atoms with E-state index < -0.39 is 0 Å². The second-order valence-electron chi connectivity index (χ2n) is 4.38. The molecule has 2 nitrogen and oxygen atoms in total. The van der Waals surface area contributed by atoms with Crippen LogP contribution in [0.4, 0.5) is 5.69 Å². The fourth-order valence-corrected chi connectivity index (χ4v) is 2.34. The van der Waals surface area contributed by atoms with Gasteiger partial charge >= 0.3 is 0 Å². The molecule has 0 radical (unpaired) electrons. The van der Waals surface area contributed by atoms with Crippen molar-refractivity contribution in [1.29, 1.82) is 0 Å². The highest BCUT2D eigenvalue weighted by atomic mass is 14.9. The van der Waals surface area contributed by atoms with Gasteiger partial charge in [0.05, 0.1) is 0 Å². The summed E-state index contributed by atoms with van der Waals surface area (Å²) in [6, 6.07) is 6.92. The van der Waals surface area contributed by atoms with Crippen LogP contribution in [0.25, 0.3) is 0 Å². The number of nitrogens with one attached hydrogen (secondary N) is 1. The summed E-state index contributed by atoms with van der Waals surface area (Å²) >= 11 is 0. The summed E-state index contributed by atoms with van der Waals surface area (Å²) in [6.07, 6.45) is 4.72. The first kappa shape index (κ1) is 10.5. The Morgan fingerprint density at radius 2 is 2.33 bits per heavy atom. The molecule has 15 heavy (non-hydrogen) atoms. The predicted molar refractivity (Wildman–Crippen MR) is 65.0 cm³/mol. The number of anilines is 1. The highest BCUT2D eigenvalue weighted by molar-refractivity contribution is 5.52. The van der Waals surface area contributed by atoms with Gasteiger partial charge in [0.1, 0.15) is 0 Å². The van der Waals surface area contributed by atoms with Crippen LogP contribution in [-0.4, -0.2) is 12.6 Å². The Morgan fingerprint density at radius 3 is 3.13 bits per heavy atom. The molecule has 0 aliphatic heterocycles. The van der Waals surface area contributed by atoms with Gasteiger partial charge in [0, 0.05) is 11.7 Å². The monoisotopic (exact) mass is 204 g/mol. The molecule has 1 unspecified atom stereocenters. The summed E-state index contributed by atoms with van der Waals surface area (Å²) in [6.45, 7) is 3.32. The third-order valence-electron chi connectivity index (χ3n) is 3.20. The lowest BCUT2D eigenvalue weighted by atomic mass is 9.87. The van der Waals surface area contributed by atoms with Gasteiger partial charge in [0.15, 0.2) is 0 Å². The van der Waals surface area contributed by atoms with Gasteiger partial charge < -0.3 is 11.1 Å². The second-order valence-corrected chi connectivity index (χ2v) is 4.38. The molecular weight excluding hydrogens is 184 g/mol. The summed E-state index contributed by atoms with van der Waals surface area (Å²) in [5, 5.41) is 3.58. The first-order valence-corrected chi connectivity index (χ1v) is 5.91. The maximum atomic E-state index is 6.00. The Labute approximate surface area is 91.9 Å². The summed E-state index contributed by atoms with van der Waals surface area (Å²) in [5.74, 6) is 0. The van der Waals surface area contributed by atoms with Crippen LogP contribution in [0.15, 0.2) is 18.2 Å². The average molecular weight is 204 g/mol. The van der Waals surface area contributed by atoms with E-state index in [4.69, 9.17) is 5.73 Å². The van der Waals surface area contributed by atoms with Crippen molar-refractivity contribution in [2.45, 2.75) is 38.6 Å². The van der Waals surface area contributed by atoms with E-state index in [1.807, 2.05) is 6.07 Å². The molecule has 1 aromatic rings. The molecule has 2 rings (SSSR count). The summed E-state index contributed by atoms with van der Waals surface area (Å²) in [5.41, 5.74) is 9.79. The maximum Gasteiger partial charge on any atom is 0.0349 e. The zero-order valence-electron chi connectivity index (χ0n) is 9.42. The quantitative estimate of drug-likeness (QED) is 0.740. The molecule has 0 aromatic heterocycles. The van der Waals surface area contributed by atoms with Gasteiger partial charge in [-0.3, -0.25) is 0 Å². The molecule has 0 heterocycles. The van der Waals surface area contributed by atoms with Gasteiger partial charge in [-0.05, 0) is 49.4 Å². The van der Waals surface area contributed by atoms with Crippen molar-refractivity contribution in [2.24, 2.45) is 0 Å². The molecule has 1 aliphatic carbocycles. The lowest BCUT2D eigenvalue weighted by Gasteiger charge is -2.26. The fraction of sp³-hybridized carbons (Fsp3) is 0.538. The molecule has 3 N–H and O–H groups in total. The predicted octanol–water partition coefficient (Wildman–Crippen LogP) is 2.13. The number of fused-ring (bicyclic) bond motifs is 1. The third-order valence-corrected chi connectivity index (χ3v) is 3.20. The fourth-order valence-electron chi connectivity index (χ4n) is 2.34. The van der Waals surface area contributed by atoms with E-state index in [1.165, 1.54) is 30.4 Å². The normalized spacial score (nSPS) is 19.9. The Balaban J connectivity index is 2.08. The maximum absolute atomic E-state index is 6.00. The zero-order valence-corrected chi connectivity index (χ0v) is 9.42. The first-order valence-electron chi connectivity index (χ1n) is 5.91. The van der Waals surface area contributed by atoms with E-state index in [-0.39, 0.29) is 0 Å². The molecule has 2 heteroatoms. The van der Waals surface area contributed by atoms with Crippen LogP contribution in [0, 0.1) is 0 Å². The van der Waals surface area contributed by atoms with E-state index in [0.29, 0.717) is 6.04 Å². The summed E-state index contributed by atoms with van der Waals surface area (Å²) in [7, 11) is 0. The Bertz CT molecular complexity index is 333. The van der Waals surface area contributed by atoms with E-state index in [0.717, 1.165) is 18.7 Å². The van der Waals surface area contributed by atoms with Crippen molar-refractivity contribution in [1.82, 2.24) is 5.32 Å². The molecule has 0 fully saturated rings. The van der Waals surface area contributed by atoms with Crippen LogP contribution in [0.1, 0.15) is 30.9 Å². The van der Waals surface area contributed by atoms with E-state index in [9.17, 15) is 0 Å². The molecule has 0 amide bonds. The van der Waals surface area contributed by atoms with Crippen LogP contribution >= 0.6 is 0 Å². The number of hydrogen-bond donors (Lipinski definition) is 2. The topological polar surface area (TPSA) is 38.0 Å². The minimum absolute atomic E-state index is 0.627. The number of aryl methyl sites for hydroxylation is 1. The summed E-state index contributed by atoms with van der Waals surface area (Å²) < 4.78 is 0. The minimum Gasteiger partial charge on any atom is -0.398 e. The van der Waals surface area contributed by atoms with Gasteiger partial charge in [-0.15, -0.1) is 0 Å². The van der Waals surface area contributed by atoms with Crippen molar-refractivity contribution >= 4 is 5.69 Å².